The number of hydroxylamine groups is 2. The van der Waals surface area contributed by atoms with Gasteiger partial charge in [-0.25, -0.2) is 13.9 Å². The van der Waals surface area contributed by atoms with Crippen LogP contribution in [-0.2, 0) is 15.0 Å². The number of nitrogens with zero attached hydrogens (tertiary/aromatic N) is 2. The van der Waals surface area contributed by atoms with Crippen LogP contribution in [0.15, 0.2) is 36.5 Å². The van der Waals surface area contributed by atoms with Crippen molar-refractivity contribution in [3.05, 3.63) is 47.8 Å². The maximum absolute atomic E-state index is 12.6. The lowest BCUT2D eigenvalue weighted by Crippen LogP contribution is -2.38. The highest BCUT2D eigenvalue weighted by Gasteiger charge is 2.30. The third-order valence-corrected chi connectivity index (χ3v) is 4.58. The number of amides is 1. The number of nitrogens with one attached hydrogen (secondary N) is 1. The van der Waals surface area contributed by atoms with E-state index in [9.17, 15) is 18.0 Å². The second kappa shape index (κ2) is 6.31. The average Bonchev–Trinajstić information content (AvgIpc) is 3.03. The predicted octanol–water partition coefficient (Wildman–Crippen LogP) is -0.0463. The van der Waals surface area contributed by atoms with Crippen LogP contribution in [0.4, 0.5) is 0 Å². The van der Waals surface area contributed by atoms with Gasteiger partial charge in [-0.15, -0.1) is 0 Å². The minimum atomic E-state index is -4.21. The second-order valence-electron chi connectivity index (χ2n) is 5.39. The van der Waals surface area contributed by atoms with Crippen LogP contribution >= 0.6 is 0 Å². The Balaban J connectivity index is 2.21. The number of aromatic nitrogens is 1. The molecule has 0 spiro atoms. The molecule has 2 aromatic rings. The Labute approximate surface area is 144 Å². The van der Waals surface area contributed by atoms with E-state index in [2.05, 4.69) is 5.32 Å². The topological polar surface area (TPSA) is 124 Å². The summed E-state index contributed by atoms with van der Waals surface area (Å²) in [4.78, 5) is 30.4. The molecule has 1 aliphatic rings. The van der Waals surface area contributed by atoms with Gasteiger partial charge in [0.15, 0.2) is 5.69 Å². The van der Waals surface area contributed by atoms with Gasteiger partial charge >= 0.3 is 16.2 Å². The van der Waals surface area contributed by atoms with Crippen LogP contribution in [0.1, 0.15) is 20.8 Å². The Bertz CT molecular complexity index is 951. The van der Waals surface area contributed by atoms with Crippen molar-refractivity contribution in [1.82, 2.24) is 14.4 Å². The molecule has 0 fully saturated rings. The maximum Gasteiger partial charge on any atom is 0.381 e. The fourth-order valence-electron chi connectivity index (χ4n) is 2.57. The van der Waals surface area contributed by atoms with E-state index in [-0.39, 0.29) is 12.2 Å². The highest BCUT2D eigenvalue weighted by Crippen LogP contribution is 2.29. The summed E-state index contributed by atoms with van der Waals surface area (Å²) in [5.74, 6) is -1.49. The van der Waals surface area contributed by atoms with Gasteiger partial charge in [0.05, 0.1) is 6.54 Å². The zero-order valence-electron chi connectivity index (χ0n) is 13.3. The van der Waals surface area contributed by atoms with E-state index in [1.165, 1.54) is 12.3 Å². The fraction of sp³-hybridized carbons (Fsp3) is 0.200. The van der Waals surface area contributed by atoms with E-state index in [1.807, 2.05) is 0 Å². The molecule has 1 aromatic carbocycles. The van der Waals surface area contributed by atoms with Crippen LogP contribution in [-0.4, -0.2) is 49.5 Å². The number of rotatable bonds is 4. The van der Waals surface area contributed by atoms with Crippen LogP contribution < -0.4 is 10.5 Å². The van der Waals surface area contributed by atoms with Gasteiger partial charge in [0, 0.05) is 23.9 Å². The largest absolute Gasteiger partial charge is 0.381 e. The Hall–Kier alpha value is -2.69. The summed E-state index contributed by atoms with van der Waals surface area (Å²) in [5.41, 5.74) is 0.876. The number of hydrogen-bond donors (Lipinski definition) is 2. The molecule has 3 rings (SSSR count). The van der Waals surface area contributed by atoms with Crippen LogP contribution in [0.25, 0.3) is 11.1 Å². The van der Waals surface area contributed by atoms with E-state index in [0.29, 0.717) is 27.2 Å². The second-order valence-corrected chi connectivity index (χ2v) is 6.81. The van der Waals surface area contributed by atoms with E-state index in [1.54, 1.807) is 31.3 Å². The number of fused-ring (bicyclic) bond motifs is 4. The van der Waals surface area contributed by atoms with E-state index >= 15 is 0 Å². The lowest BCUT2D eigenvalue weighted by atomic mass is 10.0. The summed E-state index contributed by atoms with van der Waals surface area (Å²) >= 11 is 0. The fourth-order valence-corrected chi connectivity index (χ4v) is 3.23. The Morgan fingerprint density at radius 1 is 1.20 bits per heavy atom. The molecule has 132 valence electrons. The minimum Gasteiger partial charge on any atom is -0.331 e. The molecule has 0 aliphatic carbocycles. The number of nitrogens with two attached hydrogens (primary N) is 1. The van der Waals surface area contributed by atoms with E-state index < -0.39 is 22.1 Å². The highest BCUT2D eigenvalue weighted by molar-refractivity contribution is 7.87. The van der Waals surface area contributed by atoms with Crippen LogP contribution in [0.2, 0.25) is 0 Å². The third-order valence-electron chi connectivity index (χ3n) is 3.72. The van der Waals surface area contributed by atoms with E-state index in [4.69, 9.17) is 9.98 Å². The van der Waals surface area contributed by atoms with Gasteiger partial charge in [-0.3, -0.25) is 4.79 Å². The first-order valence-electron chi connectivity index (χ1n) is 7.37. The molecule has 1 aromatic heterocycles. The summed E-state index contributed by atoms with van der Waals surface area (Å²) in [6, 6.07) is 7.91. The van der Waals surface area contributed by atoms with Gasteiger partial charge in [0.1, 0.15) is 0 Å². The molecular formula is C15H16N4O5S. The molecular weight excluding hydrogens is 348 g/mol. The van der Waals surface area contributed by atoms with Gasteiger partial charge in [0.25, 0.3) is 5.91 Å². The summed E-state index contributed by atoms with van der Waals surface area (Å²) in [6.45, 7) is 0.471. The number of carbonyl (C=O) groups is 2. The van der Waals surface area contributed by atoms with Gasteiger partial charge in [-0.1, -0.05) is 12.1 Å². The quantitative estimate of drug-likeness (QED) is 0.784. The summed E-state index contributed by atoms with van der Waals surface area (Å²) < 4.78 is 24.2. The maximum atomic E-state index is 12.6. The number of benzene rings is 1. The monoisotopic (exact) mass is 364 g/mol. The van der Waals surface area contributed by atoms with Gasteiger partial charge in [-0.2, -0.15) is 13.5 Å². The zero-order chi connectivity index (χ0) is 18.2. The van der Waals surface area contributed by atoms with Gasteiger partial charge in [0.2, 0.25) is 0 Å². The van der Waals surface area contributed by atoms with Gasteiger partial charge in [-0.05, 0) is 30.8 Å². The molecule has 1 amide bonds. The van der Waals surface area contributed by atoms with Crippen molar-refractivity contribution in [1.29, 1.82) is 0 Å². The first-order valence-corrected chi connectivity index (χ1v) is 8.87. The molecule has 0 saturated carbocycles. The lowest BCUT2D eigenvalue weighted by molar-refractivity contribution is -0.0807. The van der Waals surface area contributed by atoms with Crippen molar-refractivity contribution in [3.8, 4) is 11.1 Å². The molecule has 3 N–H and O–H groups in total. The van der Waals surface area contributed by atoms with Crippen molar-refractivity contribution < 1.29 is 22.8 Å². The van der Waals surface area contributed by atoms with Crippen molar-refractivity contribution in [2.45, 2.75) is 0 Å². The first-order chi connectivity index (χ1) is 11.8. The van der Waals surface area contributed by atoms with Crippen LogP contribution in [0.3, 0.4) is 0 Å². The Morgan fingerprint density at radius 3 is 2.60 bits per heavy atom. The number of hydrogen-bond acceptors (Lipinski definition) is 6. The summed E-state index contributed by atoms with van der Waals surface area (Å²) in [6.07, 6.45) is 1.18. The third kappa shape index (κ3) is 3.14. The van der Waals surface area contributed by atoms with Crippen LogP contribution in [0.5, 0.6) is 0 Å². The molecule has 0 radical (unpaired) electrons. The van der Waals surface area contributed by atoms with Gasteiger partial charge < -0.3 is 10.2 Å². The normalized spacial score (nSPS) is 14.4. The summed E-state index contributed by atoms with van der Waals surface area (Å²) in [5, 5.41) is 8.92. The Kier molecular flexibility index (Phi) is 4.33. The molecule has 9 nitrogen and oxygen atoms in total. The lowest BCUT2D eigenvalue weighted by Gasteiger charge is -2.20. The van der Waals surface area contributed by atoms with Crippen molar-refractivity contribution in [2.75, 3.05) is 20.1 Å². The molecule has 1 aliphatic heterocycles. The molecule has 0 atom stereocenters. The van der Waals surface area contributed by atoms with Crippen molar-refractivity contribution in [2.24, 2.45) is 5.14 Å². The Morgan fingerprint density at radius 2 is 1.92 bits per heavy atom. The number of likely N-dealkylation sites (N-methyl/N-ethyl adjacent to an activating group) is 1. The van der Waals surface area contributed by atoms with Crippen LogP contribution in [0, 0.1) is 0 Å². The van der Waals surface area contributed by atoms with Crippen molar-refractivity contribution >= 4 is 22.1 Å². The molecule has 0 saturated heterocycles. The average molecular weight is 364 g/mol. The first kappa shape index (κ1) is 17.1. The number of carbonyl (C=O) groups excluding carboxylic acids is 2. The predicted molar refractivity (Wildman–Crippen MR) is 88.8 cm³/mol. The molecule has 10 heteroatoms. The zero-order valence-corrected chi connectivity index (χ0v) is 14.1. The molecule has 2 heterocycles. The smallest absolute Gasteiger partial charge is 0.331 e. The molecule has 0 unspecified atom stereocenters. The standard InChI is InChI=1S/C15H16N4O5S/c1-17-6-8-18-14(20)11-4-2-3-10(9-11)12-5-7-19(25(16,22)23)13(12)15(21)24-18/h2-5,7,9,17H,6,8H2,1H3,(H2,16,22,23). The summed E-state index contributed by atoms with van der Waals surface area (Å²) in [7, 11) is -2.53. The van der Waals surface area contributed by atoms with E-state index in [0.717, 1.165) is 5.06 Å². The minimum absolute atomic E-state index is 0.0940. The van der Waals surface area contributed by atoms with Crippen molar-refractivity contribution in [3.63, 3.8) is 0 Å². The molecule has 2 bridgehead atoms. The molecule has 25 heavy (non-hydrogen) atoms. The highest BCUT2D eigenvalue weighted by atomic mass is 32.2. The SMILES string of the molecule is CNCCN1OC(=O)c2c(ccn2S(N)(=O)=O)-c2cccc(c2)C1=O.